The van der Waals surface area contributed by atoms with Crippen molar-refractivity contribution in [1.29, 1.82) is 0 Å². The molecule has 0 aliphatic heterocycles. The van der Waals surface area contributed by atoms with E-state index in [1.54, 1.807) is 30.6 Å². The zero-order chi connectivity index (χ0) is 15.3. The molecule has 114 valence electrons. The third kappa shape index (κ3) is 4.63. The Hall–Kier alpha value is -1.75. The molecule has 0 unspecified atom stereocenters. The molecule has 0 bridgehead atoms. The number of alkyl halides is 2. The number of rotatable bonds is 7. The van der Waals surface area contributed by atoms with Crippen molar-refractivity contribution in [2.75, 3.05) is 6.54 Å². The quantitative estimate of drug-likeness (QED) is 0.847. The van der Waals surface area contributed by atoms with Gasteiger partial charge in [-0.05, 0) is 12.5 Å². The molecule has 0 spiro atoms. The molecule has 1 aromatic carbocycles. The summed E-state index contributed by atoms with van der Waals surface area (Å²) in [7, 11) is 0. The molecule has 0 aliphatic carbocycles. The molecule has 0 radical (unpaired) electrons. The Morgan fingerprint density at radius 2 is 1.95 bits per heavy atom. The molecule has 5 heteroatoms. The van der Waals surface area contributed by atoms with E-state index in [0.29, 0.717) is 12.5 Å². The van der Waals surface area contributed by atoms with Gasteiger partial charge in [-0.3, -0.25) is 4.68 Å². The van der Waals surface area contributed by atoms with Crippen LogP contribution in [0.5, 0.6) is 0 Å². The maximum atomic E-state index is 14.1. The van der Waals surface area contributed by atoms with E-state index in [1.807, 2.05) is 0 Å². The van der Waals surface area contributed by atoms with Crippen molar-refractivity contribution >= 4 is 0 Å². The third-order valence-corrected chi connectivity index (χ3v) is 3.13. The Morgan fingerprint density at radius 1 is 1.24 bits per heavy atom. The lowest BCUT2D eigenvalue weighted by Gasteiger charge is -2.16. The van der Waals surface area contributed by atoms with Gasteiger partial charge < -0.3 is 5.32 Å². The zero-order valence-corrected chi connectivity index (χ0v) is 12.4. The van der Waals surface area contributed by atoms with Crippen molar-refractivity contribution in [3.8, 4) is 0 Å². The Labute approximate surface area is 124 Å². The maximum absolute atomic E-state index is 14.1. The molecule has 1 N–H and O–H groups in total. The lowest BCUT2D eigenvalue weighted by atomic mass is 10.1. The van der Waals surface area contributed by atoms with Gasteiger partial charge >= 0.3 is 0 Å². The van der Waals surface area contributed by atoms with Crippen molar-refractivity contribution in [1.82, 2.24) is 15.1 Å². The van der Waals surface area contributed by atoms with Crippen LogP contribution in [-0.4, -0.2) is 16.3 Å². The first-order valence-electron chi connectivity index (χ1n) is 7.13. The van der Waals surface area contributed by atoms with Crippen LogP contribution in [0.15, 0.2) is 42.7 Å². The van der Waals surface area contributed by atoms with Gasteiger partial charge in [-0.15, -0.1) is 0 Å². The van der Waals surface area contributed by atoms with Crippen LogP contribution in [-0.2, 0) is 19.0 Å². The summed E-state index contributed by atoms with van der Waals surface area (Å²) in [6, 6.07) is 7.84. The van der Waals surface area contributed by atoms with Gasteiger partial charge in [0.2, 0.25) is 0 Å². The zero-order valence-electron chi connectivity index (χ0n) is 12.4. The molecular formula is C16H21F2N3. The summed E-state index contributed by atoms with van der Waals surface area (Å²) in [6.45, 7) is 5.34. The number of halogens is 2. The first kappa shape index (κ1) is 15.6. The smallest absolute Gasteiger partial charge is 0.292 e. The molecule has 21 heavy (non-hydrogen) atoms. The van der Waals surface area contributed by atoms with Crippen LogP contribution >= 0.6 is 0 Å². The van der Waals surface area contributed by atoms with E-state index >= 15 is 0 Å². The Bertz CT molecular complexity index is 550. The molecule has 0 saturated heterocycles. The molecule has 1 heterocycles. The molecule has 0 fully saturated rings. The predicted molar refractivity (Wildman–Crippen MR) is 79.1 cm³/mol. The van der Waals surface area contributed by atoms with Gasteiger partial charge in [0, 0.05) is 23.9 Å². The lowest BCUT2D eigenvalue weighted by Crippen LogP contribution is -2.22. The van der Waals surface area contributed by atoms with Crippen LogP contribution < -0.4 is 5.32 Å². The van der Waals surface area contributed by atoms with Crippen LogP contribution in [0.3, 0.4) is 0 Å². The summed E-state index contributed by atoms with van der Waals surface area (Å²) < 4.78 is 29.6. The number of aromatic nitrogens is 2. The van der Waals surface area contributed by atoms with Gasteiger partial charge in [-0.25, -0.2) is 0 Å². The SMILES string of the molecule is CC(C)CNCc1cnn(CC(F)(F)c2ccccc2)c1. The largest absolute Gasteiger partial charge is 0.312 e. The van der Waals surface area contributed by atoms with E-state index in [0.717, 1.165) is 12.1 Å². The fraction of sp³-hybridized carbons (Fsp3) is 0.438. The van der Waals surface area contributed by atoms with E-state index in [2.05, 4.69) is 24.3 Å². The topological polar surface area (TPSA) is 29.9 Å². The highest BCUT2D eigenvalue weighted by molar-refractivity contribution is 5.20. The normalized spacial score (nSPS) is 12.0. The van der Waals surface area contributed by atoms with E-state index in [1.165, 1.54) is 16.8 Å². The molecule has 3 nitrogen and oxygen atoms in total. The van der Waals surface area contributed by atoms with Crippen LogP contribution in [0.4, 0.5) is 8.78 Å². The predicted octanol–water partition coefficient (Wildman–Crippen LogP) is 3.42. The minimum Gasteiger partial charge on any atom is -0.312 e. The summed E-state index contributed by atoms with van der Waals surface area (Å²) >= 11 is 0. The molecular weight excluding hydrogens is 272 g/mol. The summed E-state index contributed by atoms with van der Waals surface area (Å²) in [5.74, 6) is -2.36. The summed E-state index contributed by atoms with van der Waals surface area (Å²) in [5, 5.41) is 7.29. The summed E-state index contributed by atoms with van der Waals surface area (Å²) in [6.07, 6.45) is 3.30. The van der Waals surface area contributed by atoms with Crippen molar-refractivity contribution in [2.45, 2.75) is 32.9 Å². The Balaban J connectivity index is 1.95. The Kier molecular flexibility index (Phi) is 5.07. The number of benzene rings is 1. The molecule has 0 saturated carbocycles. The van der Waals surface area contributed by atoms with Crippen molar-refractivity contribution in [2.24, 2.45) is 5.92 Å². The summed E-state index contributed by atoms with van der Waals surface area (Å²) in [5.41, 5.74) is 0.930. The highest BCUT2D eigenvalue weighted by Gasteiger charge is 2.32. The van der Waals surface area contributed by atoms with Gasteiger partial charge in [-0.2, -0.15) is 13.9 Å². The van der Waals surface area contributed by atoms with Crippen LogP contribution in [0.2, 0.25) is 0 Å². The lowest BCUT2D eigenvalue weighted by molar-refractivity contribution is -0.0254. The molecule has 2 aromatic rings. The second-order valence-corrected chi connectivity index (χ2v) is 5.64. The third-order valence-electron chi connectivity index (χ3n) is 3.13. The average molecular weight is 293 g/mol. The van der Waals surface area contributed by atoms with E-state index in [9.17, 15) is 8.78 Å². The van der Waals surface area contributed by atoms with Gasteiger partial charge in [0.25, 0.3) is 5.92 Å². The number of hydrogen-bond donors (Lipinski definition) is 1. The number of nitrogens with zero attached hydrogens (tertiary/aromatic N) is 2. The fourth-order valence-electron chi connectivity index (χ4n) is 2.07. The second-order valence-electron chi connectivity index (χ2n) is 5.64. The van der Waals surface area contributed by atoms with Crippen LogP contribution in [0, 0.1) is 5.92 Å². The average Bonchev–Trinajstić information content (AvgIpc) is 2.86. The minimum atomic E-state index is -2.92. The molecule has 1 aromatic heterocycles. The first-order valence-corrected chi connectivity index (χ1v) is 7.13. The monoisotopic (exact) mass is 293 g/mol. The van der Waals surface area contributed by atoms with Crippen LogP contribution in [0.25, 0.3) is 0 Å². The van der Waals surface area contributed by atoms with Gasteiger partial charge in [0.15, 0.2) is 0 Å². The molecule has 2 rings (SSSR count). The first-order chi connectivity index (χ1) is 9.97. The van der Waals surface area contributed by atoms with Crippen molar-refractivity contribution in [3.05, 3.63) is 53.9 Å². The minimum absolute atomic E-state index is 0.0139. The van der Waals surface area contributed by atoms with Gasteiger partial charge in [0.05, 0.1) is 6.20 Å². The van der Waals surface area contributed by atoms with Crippen LogP contribution in [0.1, 0.15) is 25.0 Å². The molecule has 0 aliphatic rings. The maximum Gasteiger partial charge on any atom is 0.292 e. The fourth-order valence-corrected chi connectivity index (χ4v) is 2.07. The van der Waals surface area contributed by atoms with E-state index in [4.69, 9.17) is 0 Å². The van der Waals surface area contributed by atoms with Gasteiger partial charge in [0.1, 0.15) is 6.54 Å². The van der Waals surface area contributed by atoms with Crippen molar-refractivity contribution in [3.63, 3.8) is 0 Å². The van der Waals surface area contributed by atoms with E-state index < -0.39 is 12.5 Å². The highest BCUT2D eigenvalue weighted by Crippen LogP contribution is 2.29. The second kappa shape index (κ2) is 6.80. The van der Waals surface area contributed by atoms with E-state index in [-0.39, 0.29) is 5.56 Å². The number of hydrogen-bond acceptors (Lipinski definition) is 2. The van der Waals surface area contributed by atoms with Crippen molar-refractivity contribution < 1.29 is 8.78 Å². The summed E-state index contributed by atoms with van der Waals surface area (Å²) in [4.78, 5) is 0. The highest BCUT2D eigenvalue weighted by atomic mass is 19.3. The standard InChI is InChI=1S/C16H21F2N3/c1-13(2)8-19-9-14-10-20-21(11-14)12-16(17,18)15-6-4-3-5-7-15/h3-7,10-11,13,19H,8-9,12H2,1-2H3. The molecule has 0 amide bonds. The molecule has 0 atom stereocenters. The Morgan fingerprint density at radius 3 is 2.62 bits per heavy atom. The van der Waals surface area contributed by atoms with Gasteiger partial charge in [-0.1, -0.05) is 44.2 Å². The number of nitrogens with one attached hydrogen (secondary N) is 1.